The van der Waals surface area contributed by atoms with Crippen LogP contribution in [0.5, 0.6) is 0 Å². The molecule has 1 atom stereocenters. The van der Waals surface area contributed by atoms with Crippen LogP contribution in [0.3, 0.4) is 0 Å². The zero-order chi connectivity index (χ0) is 8.85. The fourth-order valence-corrected chi connectivity index (χ4v) is 1.20. The fraction of sp³-hybridized carbons (Fsp3) is 0.778. The highest BCUT2D eigenvalue weighted by atomic mass is 15.2. The van der Waals surface area contributed by atoms with Crippen molar-refractivity contribution in [3.8, 4) is 0 Å². The first kappa shape index (κ1) is 10.7. The standard InChI is InChI=1S/C9H20N2/c1-7(2)5-9(11-10)6-8(3)4/h8-9,11H,1,5-6,10H2,2-4H3. The molecule has 11 heavy (non-hydrogen) atoms. The summed E-state index contributed by atoms with van der Waals surface area (Å²) in [5, 5.41) is 0. The van der Waals surface area contributed by atoms with Gasteiger partial charge in [-0.3, -0.25) is 11.3 Å². The monoisotopic (exact) mass is 156 g/mol. The second-order valence-corrected chi connectivity index (χ2v) is 3.65. The predicted molar refractivity (Wildman–Crippen MR) is 50.0 cm³/mol. The Labute approximate surface area is 69.8 Å². The number of hydrogen-bond acceptors (Lipinski definition) is 2. The SMILES string of the molecule is C=C(C)CC(CC(C)C)NN. The van der Waals surface area contributed by atoms with Crippen LogP contribution in [0.25, 0.3) is 0 Å². The Kier molecular flexibility index (Phi) is 5.16. The number of nitrogens with two attached hydrogens (primary N) is 1. The zero-order valence-corrected chi connectivity index (χ0v) is 7.85. The molecule has 66 valence electrons. The van der Waals surface area contributed by atoms with Gasteiger partial charge in [-0.15, -0.1) is 6.58 Å². The first-order valence-electron chi connectivity index (χ1n) is 4.16. The summed E-state index contributed by atoms with van der Waals surface area (Å²) in [5.41, 5.74) is 3.99. The Morgan fingerprint density at radius 1 is 1.55 bits per heavy atom. The quantitative estimate of drug-likeness (QED) is 0.362. The van der Waals surface area contributed by atoms with E-state index in [0.29, 0.717) is 12.0 Å². The molecular formula is C9H20N2. The second kappa shape index (κ2) is 5.33. The summed E-state index contributed by atoms with van der Waals surface area (Å²) in [6.07, 6.45) is 2.10. The zero-order valence-electron chi connectivity index (χ0n) is 7.85. The molecular weight excluding hydrogens is 136 g/mol. The lowest BCUT2D eigenvalue weighted by atomic mass is 9.99. The van der Waals surface area contributed by atoms with Crippen molar-refractivity contribution < 1.29 is 0 Å². The smallest absolute Gasteiger partial charge is 0.0249 e. The van der Waals surface area contributed by atoms with Crippen molar-refractivity contribution in [3.05, 3.63) is 12.2 Å². The van der Waals surface area contributed by atoms with Gasteiger partial charge in [0.2, 0.25) is 0 Å². The van der Waals surface area contributed by atoms with Crippen LogP contribution in [-0.2, 0) is 0 Å². The van der Waals surface area contributed by atoms with E-state index in [2.05, 4.69) is 25.9 Å². The van der Waals surface area contributed by atoms with Crippen LogP contribution in [0.4, 0.5) is 0 Å². The molecule has 3 N–H and O–H groups in total. The number of rotatable bonds is 5. The van der Waals surface area contributed by atoms with E-state index < -0.39 is 0 Å². The summed E-state index contributed by atoms with van der Waals surface area (Å²) < 4.78 is 0. The highest BCUT2D eigenvalue weighted by Crippen LogP contribution is 2.10. The lowest BCUT2D eigenvalue weighted by molar-refractivity contribution is 0.422. The molecule has 0 aromatic carbocycles. The molecule has 0 aliphatic rings. The lowest BCUT2D eigenvalue weighted by Crippen LogP contribution is -2.36. The van der Waals surface area contributed by atoms with Crippen LogP contribution >= 0.6 is 0 Å². The van der Waals surface area contributed by atoms with Gasteiger partial charge >= 0.3 is 0 Å². The molecule has 2 heteroatoms. The highest BCUT2D eigenvalue weighted by molar-refractivity contribution is 4.92. The lowest BCUT2D eigenvalue weighted by Gasteiger charge is -2.17. The van der Waals surface area contributed by atoms with Crippen LogP contribution in [0.2, 0.25) is 0 Å². The third kappa shape index (κ3) is 6.07. The van der Waals surface area contributed by atoms with E-state index >= 15 is 0 Å². The molecule has 0 bridgehead atoms. The molecule has 0 aromatic rings. The average Bonchev–Trinajstić information content (AvgIpc) is 1.84. The summed E-state index contributed by atoms with van der Waals surface area (Å²) in [6, 6.07) is 0.396. The van der Waals surface area contributed by atoms with Gasteiger partial charge in [0.05, 0.1) is 0 Å². The van der Waals surface area contributed by atoms with Crippen molar-refractivity contribution in [1.29, 1.82) is 0 Å². The van der Waals surface area contributed by atoms with E-state index in [9.17, 15) is 0 Å². The van der Waals surface area contributed by atoms with Crippen molar-refractivity contribution in [2.45, 2.75) is 39.7 Å². The molecule has 0 radical (unpaired) electrons. The molecule has 0 spiro atoms. The van der Waals surface area contributed by atoms with E-state index in [1.807, 2.05) is 6.92 Å². The van der Waals surface area contributed by atoms with Gasteiger partial charge in [0, 0.05) is 6.04 Å². The molecule has 0 aromatic heterocycles. The van der Waals surface area contributed by atoms with Gasteiger partial charge < -0.3 is 0 Å². The summed E-state index contributed by atoms with van der Waals surface area (Å²) >= 11 is 0. The van der Waals surface area contributed by atoms with Gasteiger partial charge in [0.1, 0.15) is 0 Å². The minimum Gasteiger partial charge on any atom is -0.271 e. The third-order valence-corrected chi connectivity index (χ3v) is 1.59. The number of hydrazine groups is 1. The maximum Gasteiger partial charge on any atom is 0.0249 e. The first-order chi connectivity index (χ1) is 5.06. The van der Waals surface area contributed by atoms with Gasteiger partial charge in [0.15, 0.2) is 0 Å². The van der Waals surface area contributed by atoms with Crippen molar-refractivity contribution in [3.63, 3.8) is 0 Å². The summed E-state index contributed by atoms with van der Waals surface area (Å²) in [7, 11) is 0. The molecule has 1 unspecified atom stereocenters. The Hall–Kier alpha value is -0.340. The molecule has 0 fully saturated rings. The largest absolute Gasteiger partial charge is 0.271 e. The van der Waals surface area contributed by atoms with Crippen LogP contribution < -0.4 is 11.3 Å². The fourth-order valence-electron chi connectivity index (χ4n) is 1.20. The van der Waals surface area contributed by atoms with Gasteiger partial charge in [-0.25, -0.2) is 0 Å². The average molecular weight is 156 g/mol. The predicted octanol–water partition coefficient (Wildman–Crippen LogP) is 1.83. The van der Waals surface area contributed by atoms with Crippen LogP contribution in [0.15, 0.2) is 12.2 Å². The van der Waals surface area contributed by atoms with Crippen molar-refractivity contribution in [1.82, 2.24) is 5.43 Å². The topological polar surface area (TPSA) is 38.0 Å². The Bertz CT molecular complexity index is 119. The summed E-state index contributed by atoms with van der Waals surface area (Å²) in [6.45, 7) is 10.3. The van der Waals surface area contributed by atoms with E-state index in [1.165, 1.54) is 5.57 Å². The van der Waals surface area contributed by atoms with E-state index in [-0.39, 0.29) is 0 Å². The first-order valence-corrected chi connectivity index (χ1v) is 4.16. The maximum absolute atomic E-state index is 5.38. The second-order valence-electron chi connectivity index (χ2n) is 3.65. The molecule has 0 amide bonds. The van der Waals surface area contributed by atoms with Gasteiger partial charge in [-0.2, -0.15) is 0 Å². The molecule has 0 saturated carbocycles. The molecule has 2 nitrogen and oxygen atoms in total. The van der Waals surface area contributed by atoms with Crippen LogP contribution in [0.1, 0.15) is 33.6 Å². The molecule has 0 saturated heterocycles. The third-order valence-electron chi connectivity index (χ3n) is 1.59. The summed E-state index contributed by atoms with van der Waals surface area (Å²) in [5.74, 6) is 6.07. The molecule has 0 heterocycles. The highest BCUT2D eigenvalue weighted by Gasteiger charge is 2.07. The minimum atomic E-state index is 0.396. The summed E-state index contributed by atoms with van der Waals surface area (Å²) in [4.78, 5) is 0. The number of nitrogens with one attached hydrogen (secondary N) is 1. The van der Waals surface area contributed by atoms with E-state index in [4.69, 9.17) is 5.84 Å². The normalized spacial score (nSPS) is 13.5. The van der Waals surface area contributed by atoms with Gasteiger partial charge in [-0.1, -0.05) is 19.4 Å². The Morgan fingerprint density at radius 2 is 2.09 bits per heavy atom. The molecule has 0 aliphatic heterocycles. The molecule has 0 aliphatic carbocycles. The van der Waals surface area contributed by atoms with Crippen molar-refractivity contribution >= 4 is 0 Å². The van der Waals surface area contributed by atoms with Gasteiger partial charge in [0.25, 0.3) is 0 Å². The Balaban J connectivity index is 3.66. The van der Waals surface area contributed by atoms with Crippen LogP contribution in [0, 0.1) is 5.92 Å². The van der Waals surface area contributed by atoms with Crippen molar-refractivity contribution in [2.75, 3.05) is 0 Å². The van der Waals surface area contributed by atoms with Crippen LogP contribution in [-0.4, -0.2) is 6.04 Å². The maximum atomic E-state index is 5.38. The minimum absolute atomic E-state index is 0.396. The van der Waals surface area contributed by atoms with Gasteiger partial charge in [-0.05, 0) is 25.7 Å². The van der Waals surface area contributed by atoms with Crippen molar-refractivity contribution in [2.24, 2.45) is 11.8 Å². The van der Waals surface area contributed by atoms with E-state index in [0.717, 1.165) is 12.8 Å². The number of hydrogen-bond donors (Lipinski definition) is 2. The Morgan fingerprint density at radius 3 is 2.36 bits per heavy atom. The molecule has 0 rings (SSSR count). The van der Waals surface area contributed by atoms with E-state index in [1.54, 1.807) is 0 Å².